The third kappa shape index (κ3) is 4.93. The number of rotatable bonds is 6. The lowest BCUT2D eigenvalue weighted by Crippen LogP contribution is -2.41. The van der Waals surface area contributed by atoms with Gasteiger partial charge in [-0.05, 0) is 49.6 Å². The van der Waals surface area contributed by atoms with Crippen LogP contribution in [0.4, 0.5) is 0 Å². The van der Waals surface area contributed by atoms with Crippen molar-refractivity contribution in [2.75, 3.05) is 13.1 Å². The van der Waals surface area contributed by atoms with E-state index in [0.29, 0.717) is 17.7 Å². The highest BCUT2D eigenvalue weighted by atomic mass is 16.5. The molecule has 0 bridgehead atoms. The van der Waals surface area contributed by atoms with Crippen LogP contribution in [-0.4, -0.2) is 35.4 Å². The molecule has 1 unspecified atom stereocenters. The minimum absolute atomic E-state index is 0.0587. The Morgan fingerprint density at radius 1 is 1.03 bits per heavy atom. The van der Waals surface area contributed by atoms with Crippen molar-refractivity contribution in [3.05, 3.63) is 71.9 Å². The number of carbonyl (C=O) groups excluding carboxylic acids is 2. The molecule has 0 radical (unpaired) electrons. The Morgan fingerprint density at radius 2 is 1.74 bits per heavy atom. The summed E-state index contributed by atoms with van der Waals surface area (Å²) in [5.74, 6) is 3.04. The normalized spacial score (nSPS) is 19.0. The number of benzene rings is 2. The summed E-state index contributed by atoms with van der Waals surface area (Å²) >= 11 is 0. The van der Waals surface area contributed by atoms with Crippen molar-refractivity contribution in [3.8, 4) is 11.5 Å². The van der Waals surface area contributed by atoms with Crippen LogP contribution in [0.2, 0.25) is 0 Å². The van der Waals surface area contributed by atoms with Crippen molar-refractivity contribution in [1.82, 2.24) is 4.90 Å². The molecule has 1 atom stereocenters. The number of likely N-dealkylation sites (tertiary alicyclic amines) is 1. The molecule has 5 nitrogen and oxygen atoms in total. The quantitative estimate of drug-likeness (QED) is 0.601. The van der Waals surface area contributed by atoms with Crippen molar-refractivity contribution in [1.29, 1.82) is 0 Å². The van der Waals surface area contributed by atoms with Crippen molar-refractivity contribution in [2.24, 2.45) is 16.8 Å². The Bertz CT molecular complexity index is 1020. The van der Waals surface area contributed by atoms with Gasteiger partial charge in [-0.25, -0.2) is 4.99 Å². The van der Waals surface area contributed by atoms with E-state index in [4.69, 9.17) is 4.74 Å². The summed E-state index contributed by atoms with van der Waals surface area (Å²) in [6.45, 7) is 5.49. The smallest absolute Gasteiger partial charge is 0.167 e. The van der Waals surface area contributed by atoms with E-state index in [-0.39, 0.29) is 23.4 Å². The van der Waals surface area contributed by atoms with E-state index in [1.165, 1.54) is 0 Å². The molecule has 5 heteroatoms. The summed E-state index contributed by atoms with van der Waals surface area (Å²) in [5.41, 5.74) is 1.67. The van der Waals surface area contributed by atoms with Crippen LogP contribution in [0.1, 0.15) is 43.5 Å². The van der Waals surface area contributed by atoms with Gasteiger partial charge in [0.2, 0.25) is 0 Å². The molecule has 4 rings (SSSR count). The number of nitrogens with zero attached hydrogens (tertiary/aromatic N) is 2. The zero-order chi connectivity index (χ0) is 21.8. The molecule has 2 aromatic carbocycles. The SMILES string of the molecule is CC(=O)C1CCN(C2=NC=C(CC(=O)c3cccc(Oc4ccccc4)c3)C2C)CC1. The van der Waals surface area contributed by atoms with Crippen molar-refractivity contribution in [3.63, 3.8) is 0 Å². The van der Waals surface area contributed by atoms with E-state index in [0.717, 1.165) is 43.1 Å². The van der Waals surface area contributed by atoms with E-state index in [1.807, 2.05) is 54.7 Å². The number of Topliss-reactive ketones (excluding diaryl/α,β-unsaturated/α-hetero) is 2. The summed E-state index contributed by atoms with van der Waals surface area (Å²) in [4.78, 5) is 31.5. The zero-order valence-corrected chi connectivity index (χ0v) is 18.1. The van der Waals surface area contributed by atoms with Gasteiger partial charge in [0, 0.05) is 43.1 Å². The van der Waals surface area contributed by atoms with Crippen LogP contribution < -0.4 is 4.74 Å². The predicted molar refractivity (Wildman–Crippen MR) is 122 cm³/mol. The molecule has 0 aliphatic carbocycles. The number of ether oxygens (including phenoxy) is 1. The largest absolute Gasteiger partial charge is 0.457 e. The summed E-state index contributed by atoms with van der Waals surface area (Å²) in [6.07, 6.45) is 3.94. The van der Waals surface area contributed by atoms with Gasteiger partial charge >= 0.3 is 0 Å². The van der Waals surface area contributed by atoms with Gasteiger partial charge < -0.3 is 9.64 Å². The second-order valence-corrected chi connectivity index (χ2v) is 8.33. The molecule has 0 saturated carbocycles. The van der Waals surface area contributed by atoms with Gasteiger partial charge in [0.25, 0.3) is 0 Å². The molecule has 1 saturated heterocycles. The maximum absolute atomic E-state index is 13.0. The van der Waals surface area contributed by atoms with Crippen molar-refractivity contribution in [2.45, 2.75) is 33.1 Å². The van der Waals surface area contributed by atoms with Gasteiger partial charge in [-0.15, -0.1) is 0 Å². The number of hydrogen-bond acceptors (Lipinski definition) is 5. The van der Waals surface area contributed by atoms with Crippen LogP contribution in [-0.2, 0) is 4.79 Å². The second-order valence-electron chi connectivity index (χ2n) is 8.33. The fraction of sp³-hybridized carbons (Fsp3) is 0.346. The maximum atomic E-state index is 13.0. The van der Waals surface area contributed by atoms with Gasteiger partial charge in [-0.2, -0.15) is 0 Å². The third-order valence-corrected chi connectivity index (χ3v) is 6.20. The first-order chi connectivity index (χ1) is 15.0. The maximum Gasteiger partial charge on any atom is 0.167 e. The summed E-state index contributed by atoms with van der Waals surface area (Å²) < 4.78 is 5.86. The molecular weight excluding hydrogens is 388 g/mol. The molecule has 2 aliphatic heterocycles. The van der Waals surface area contributed by atoms with Crippen LogP contribution >= 0.6 is 0 Å². The lowest BCUT2D eigenvalue weighted by molar-refractivity contribution is -0.121. The average Bonchev–Trinajstić information content (AvgIpc) is 3.14. The molecule has 1 fully saturated rings. The van der Waals surface area contributed by atoms with E-state index in [1.54, 1.807) is 13.0 Å². The van der Waals surface area contributed by atoms with Crippen LogP contribution in [0, 0.1) is 11.8 Å². The summed E-state index contributed by atoms with van der Waals surface area (Å²) in [7, 11) is 0. The van der Waals surface area contributed by atoms with Gasteiger partial charge in [0.05, 0.1) is 0 Å². The average molecular weight is 417 g/mol. The number of para-hydroxylation sites is 1. The molecule has 0 amide bonds. The molecule has 0 N–H and O–H groups in total. The molecule has 0 spiro atoms. The van der Waals surface area contributed by atoms with Crippen molar-refractivity contribution < 1.29 is 14.3 Å². The fourth-order valence-corrected chi connectivity index (χ4v) is 4.25. The van der Waals surface area contributed by atoms with Gasteiger partial charge in [-0.1, -0.05) is 37.3 Å². The minimum atomic E-state index is 0.0587. The van der Waals surface area contributed by atoms with E-state index in [2.05, 4.69) is 16.8 Å². The number of ketones is 2. The molecular formula is C26H28N2O3. The van der Waals surface area contributed by atoms with E-state index < -0.39 is 0 Å². The molecule has 2 aromatic rings. The summed E-state index contributed by atoms with van der Waals surface area (Å²) in [6, 6.07) is 16.9. The van der Waals surface area contributed by atoms with E-state index >= 15 is 0 Å². The van der Waals surface area contributed by atoms with Crippen LogP contribution in [0.15, 0.2) is 71.4 Å². The Labute approximate surface area is 183 Å². The Morgan fingerprint density at radius 3 is 2.45 bits per heavy atom. The topological polar surface area (TPSA) is 59.0 Å². The molecule has 2 heterocycles. The standard InChI is InChI=1S/C26H28N2O3/c1-18-22(17-27-26(18)28-13-11-20(12-14-28)19(2)29)16-25(30)21-7-6-10-24(15-21)31-23-8-4-3-5-9-23/h3-10,15,17-18,20H,11-14,16H2,1-2H3. The predicted octanol–water partition coefficient (Wildman–Crippen LogP) is 5.28. The van der Waals surface area contributed by atoms with E-state index in [9.17, 15) is 9.59 Å². The first-order valence-electron chi connectivity index (χ1n) is 10.9. The second kappa shape index (κ2) is 9.29. The number of amidine groups is 1. The van der Waals surface area contributed by atoms with Gasteiger partial charge in [0.15, 0.2) is 5.78 Å². The Hall–Kier alpha value is -3.21. The highest BCUT2D eigenvalue weighted by Crippen LogP contribution is 2.29. The first kappa shape index (κ1) is 21.0. The highest BCUT2D eigenvalue weighted by molar-refractivity contribution is 6.00. The van der Waals surface area contributed by atoms with Crippen molar-refractivity contribution >= 4 is 17.4 Å². The lowest BCUT2D eigenvalue weighted by Gasteiger charge is -2.34. The Kier molecular flexibility index (Phi) is 6.31. The van der Waals surface area contributed by atoms with Gasteiger partial charge in [-0.3, -0.25) is 9.59 Å². The monoisotopic (exact) mass is 416 g/mol. The van der Waals surface area contributed by atoms with Crippen LogP contribution in [0.3, 0.4) is 0 Å². The zero-order valence-electron chi connectivity index (χ0n) is 18.1. The molecule has 31 heavy (non-hydrogen) atoms. The lowest BCUT2D eigenvalue weighted by atomic mass is 9.91. The van der Waals surface area contributed by atoms with Crippen LogP contribution in [0.25, 0.3) is 0 Å². The number of carbonyl (C=O) groups is 2. The first-order valence-corrected chi connectivity index (χ1v) is 10.9. The van der Waals surface area contributed by atoms with Gasteiger partial charge in [0.1, 0.15) is 23.1 Å². The third-order valence-electron chi connectivity index (χ3n) is 6.20. The van der Waals surface area contributed by atoms with Crippen LogP contribution in [0.5, 0.6) is 11.5 Å². The number of piperidine rings is 1. The molecule has 2 aliphatic rings. The number of hydrogen-bond donors (Lipinski definition) is 0. The fourth-order valence-electron chi connectivity index (χ4n) is 4.25. The minimum Gasteiger partial charge on any atom is -0.457 e. The Balaban J connectivity index is 1.35. The summed E-state index contributed by atoms with van der Waals surface area (Å²) in [5, 5.41) is 0. The number of aliphatic imine (C=N–C) groups is 1. The highest BCUT2D eigenvalue weighted by Gasteiger charge is 2.30. The molecule has 0 aromatic heterocycles. The molecule has 160 valence electrons.